The molecule has 1 aliphatic heterocycles. The lowest BCUT2D eigenvalue weighted by Crippen LogP contribution is -2.73. The van der Waals surface area contributed by atoms with Crippen molar-refractivity contribution < 1.29 is 9.59 Å². The van der Waals surface area contributed by atoms with Crippen LogP contribution in [0.3, 0.4) is 0 Å². The van der Waals surface area contributed by atoms with Crippen molar-refractivity contribution in [1.82, 2.24) is 10.2 Å². The molecule has 1 unspecified atom stereocenters. The third-order valence-electron chi connectivity index (χ3n) is 3.64. The lowest BCUT2D eigenvalue weighted by Gasteiger charge is -2.48. The van der Waals surface area contributed by atoms with Gasteiger partial charge in [-0.1, -0.05) is 18.5 Å². The summed E-state index contributed by atoms with van der Waals surface area (Å²) in [6.45, 7) is 9.35. The highest BCUT2D eigenvalue weighted by Crippen LogP contribution is 2.28. The molecule has 0 aliphatic carbocycles. The Labute approximate surface area is 113 Å². The minimum atomic E-state index is -0.854. The number of hydrogen-bond donors (Lipinski definition) is 1. The van der Waals surface area contributed by atoms with E-state index >= 15 is 0 Å². The van der Waals surface area contributed by atoms with E-state index in [4.69, 9.17) is 11.6 Å². The Balaban J connectivity index is 3.15. The Kier molecular flexibility index (Phi) is 4.11. The summed E-state index contributed by atoms with van der Waals surface area (Å²) in [6.07, 6.45) is 0.563. The van der Waals surface area contributed by atoms with Gasteiger partial charge < -0.3 is 10.2 Å². The van der Waals surface area contributed by atoms with Crippen LogP contribution in [0.1, 0.15) is 41.0 Å². The predicted molar refractivity (Wildman–Crippen MR) is 72.2 cm³/mol. The predicted octanol–water partition coefficient (Wildman–Crippen LogP) is 2.03. The zero-order chi connectivity index (χ0) is 14.1. The first-order valence-electron chi connectivity index (χ1n) is 6.09. The molecule has 0 saturated carbocycles. The molecule has 0 aromatic rings. The van der Waals surface area contributed by atoms with Gasteiger partial charge in [0.25, 0.3) is 0 Å². The molecule has 0 bridgehead atoms. The Hall–Kier alpha value is -1.03. The Morgan fingerprint density at radius 3 is 2.39 bits per heavy atom. The van der Waals surface area contributed by atoms with Crippen LogP contribution in [-0.4, -0.2) is 34.3 Å². The van der Waals surface area contributed by atoms with Gasteiger partial charge in [0.2, 0.25) is 11.8 Å². The standard InChI is InChI=1S/C13H21ClN2O2/c1-6-13(5)11(18)16(8-9(2)7-14)12(3,4)10(17)15-13/h7H,6,8H2,1-5H3,(H,15,17). The summed E-state index contributed by atoms with van der Waals surface area (Å²) in [6, 6.07) is 0. The molecule has 1 saturated heterocycles. The van der Waals surface area contributed by atoms with Gasteiger partial charge in [-0.05, 0) is 39.7 Å². The molecule has 1 aliphatic rings. The number of carbonyl (C=O) groups excluding carboxylic acids is 2. The second-order valence-corrected chi connectivity index (χ2v) is 5.76. The van der Waals surface area contributed by atoms with Gasteiger partial charge in [0.05, 0.1) is 0 Å². The van der Waals surface area contributed by atoms with E-state index in [0.717, 1.165) is 5.57 Å². The number of rotatable bonds is 3. The van der Waals surface area contributed by atoms with Gasteiger partial charge in [-0.2, -0.15) is 0 Å². The van der Waals surface area contributed by atoms with Crippen LogP contribution < -0.4 is 5.32 Å². The molecule has 18 heavy (non-hydrogen) atoms. The molecule has 0 radical (unpaired) electrons. The van der Waals surface area contributed by atoms with E-state index in [1.165, 1.54) is 5.54 Å². The van der Waals surface area contributed by atoms with Gasteiger partial charge in [0.15, 0.2) is 0 Å². The van der Waals surface area contributed by atoms with Crippen molar-refractivity contribution in [3.05, 3.63) is 11.1 Å². The first-order chi connectivity index (χ1) is 8.19. The Bertz CT molecular complexity index is 404. The molecule has 102 valence electrons. The molecular weight excluding hydrogens is 252 g/mol. The molecule has 1 heterocycles. The smallest absolute Gasteiger partial charge is 0.249 e. The second kappa shape index (κ2) is 4.92. The van der Waals surface area contributed by atoms with Crippen molar-refractivity contribution in [3.63, 3.8) is 0 Å². The summed E-state index contributed by atoms with van der Waals surface area (Å²) >= 11 is 5.65. The maximum atomic E-state index is 12.5. The van der Waals surface area contributed by atoms with E-state index in [-0.39, 0.29) is 11.8 Å². The van der Waals surface area contributed by atoms with Gasteiger partial charge in [0, 0.05) is 12.1 Å². The first-order valence-corrected chi connectivity index (χ1v) is 6.53. The number of amides is 2. The third kappa shape index (κ3) is 2.39. The quantitative estimate of drug-likeness (QED) is 0.855. The van der Waals surface area contributed by atoms with Gasteiger partial charge in [0.1, 0.15) is 11.1 Å². The number of nitrogens with one attached hydrogen (secondary N) is 1. The maximum absolute atomic E-state index is 12.5. The van der Waals surface area contributed by atoms with E-state index in [9.17, 15) is 9.59 Å². The zero-order valence-corrected chi connectivity index (χ0v) is 12.4. The molecular formula is C13H21ClN2O2. The summed E-state index contributed by atoms with van der Waals surface area (Å²) in [4.78, 5) is 26.3. The van der Waals surface area contributed by atoms with Gasteiger partial charge in [-0.15, -0.1) is 0 Å². The average molecular weight is 273 g/mol. The number of carbonyl (C=O) groups is 2. The molecule has 1 atom stereocenters. The minimum absolute atomic E-state index is 0.0625. The normalized spacial score (nSPS) is 28.3. The molecule has 0 spiro atoms. The van der Waals surface area contributed by atoms with Crippen LogP contribution in [0, 0.1) is 0 Å². The Morgan fingerprint density at radius 1 is 1.39 bits per heavy atom. The van der Waals surface area contributed by atoms with E-state index in [1.807, 2.05) is 13.8 Å². The van der Waals surface area contributed by atoms with Crippen LogP contribution in [0.15, 0.2) is 11.1 Å². The SMILES string of the molecule is CCC1(C)NC(=O)C(C)(C)N(CC(C)=CCl)C1=O. The molecule has 1 fully saturated rings. The summed E-state index contributed by atoms with van der Waals surface area (Å²) < 4.78 is 0. The van der Waals surface area contributed by atoms with E-state index in [0.29, 0.717) is 13.0 Å². The maximum Gasteiger partial charge on any atom is 0.249 e. The highest BCUT2D eigenvalue weighted by molar-refractivity contribution is 6.25. The fourth-order valence-electron chi connectivity index (χ4n) is 1.92. The molecule has 1 rings (SSSR count). The summed E-state index contributed by atoms with van der Waals surface area (Å²) in [5.41, 5.74) is 0.622. The van der Waals surface area contributed by atoms with Crippen LogP contribution in [0.5, 0.6) is 0 Å². The zero-order valence-electron chi connectivity index (χ0n) is 11.6. The van der Waals surface area contributed by atoms with Crippen molar-refractivity contribution in [2.24, 2.45) is 0 Å². The van der Waals surface area contributed by atoms with Crippen molar-refractivity contribution in [3.8, 4) is 0 Å². The minimum Gasteiger partial charge on any atom is -0.340 e. The van der Waals surface area contributed by atoms with Crippen LogP contribution in [0.25, 0.3) is 0 Å². The molecule has 2 amide bonds. The number of nitrogens with zero attached hydrogens (tertiary/aromatic N) is 1. The molecule has 5 heteroatoms. The lowest BCUT2D eigenvalue weighted by molar-refractivity contribution is -0.159. The van der Waals surface area contributed by atoms with E-state index in [1.54, 1.807) is 25.7 Å². The van der Waals surface area contributed by atoms with Crippen LogP contribution >= 0.6 is 11.6 Å². The van der Waals surface area contributed by atoms with Gasteiger partial charge in [-0.3, -0.25) is 9.59 Å². The molecule has 0 aromatic carbocycles. The van der Waals surface area contributed by atoms with Crippen molar-refractivity contribution in [2.45, 2.75) is 52.1 Å². The topological polar surface area (TPSA) is 49.4 Å². The first kappa shape index (κ1) is 15.0. The summed E-state index contributed by atoms with van der Waals surface area (Å²) in [5.74, 6) is -0.193. The number of halogens is 1. The largest absolute Gasteiger partial charge is 0.340 e. The molecule has 4 nitrogen and oxygen atoms in total. The van der Waals surface area contributed by atoms with E-state index in [2.05, 4.69) is 5.32 Å². The van der Waals surface area contributed by atoms with Crippen LogP contribution in [0.2, 0.25) is 0 Å². The molecule has 0 aromatic heterocycles. The number of hydrogen-bond acceptors (Lipinski definition) is 2. The van der Waals surface area contributed by atoms with Gasteiger partial charge >= 0.3 is 0 Å². The highest BCUT2D eigenvalue weighted by Gasteiger charge is 2.51. The monoisotopic (exact) mass is 272 g/mol. The second-order valence-electron chi connectivity index (χ2n) is 5.55. The van der Waals surface area contributed by atoms with Crippen LogP contribution in [0.4, 0.5) is 0 Å². The van der Waals surface area contributed by atoms with Crippen LogP contribution in [-0.2, 0) is 9.59 Å². The fraction of sp³-hybridized carbons (Fsp3) is 0.692. The third-order valence-corrected chi connectivity index (χ3v) is 4.01. The number of piperazine rings is 1. The highest BCUT2D eigenvalue weighted by atomic mass is 35.5. The molecule has 1 N–H and O–H groups in total. The van der Waals surface area contributed by atoms with Gasteiger partial charge in [-0.25, -0.2) is 0 Å². The van der Waals surface area contributed by atoms with Crippen molar-refractivity contribution >= 4 is 23.4 Å². The van der Waals surface area contributed by atoms with Crippen molar-refractivity contribution in [1.29, 1.82) is 0 Å². The summed E-state index contributed by atoms with van der Waals surface area (Å²) in [7, 11) is 0. The average Bonchev–Trinajstić information content (AvgIpc) is 2.32. The lowest BCUT2D eigenvalue weighted by atomic mass is 9.86. The summed E-state index contributed by atoms with van der Waals surface area (Å²) in [5, 5.41) is 2.82. The van der Waals surface area contributed by atoms with E-state index < -0.39 is 11.1 Å². The van der Waals surface area contributed by atoms with Crippen molar-refractivity contribution in [2.75, 3.05) is 6.54 Å². The Morgan fingerprint density at radius 2 is 1.94 bits per heavy atom. The fourth-order valence-corrected chi connectivity index (χ4v) is 1.99.